The van der Waals surface area contributed by atoms with Crippen molar-refractivity contribution in [2.24, 2.45) is 0 Å². The van der Waals surface area contributed by atoms with Crippen LogP contribution in [0.1, 0.15) is 36.0 Å². The topological polar surface area (TPSA) is 93.2 Å². The number of aromatic nitrogens is 2. The van der Waals surface area contributed by atoms with Gasteiger partial charge in [-0.05, 0) is 18.9 Å². The molecule has 0 unspecified atom stereocenters. The van der Waals surface area contributed by atoms with E-state index < -0.39 is 23.1 Å². The normalized spacial score (nSPS) is 18.2. The maximum Gasteiger partial charge on any atom is 0.337 e. The van der Waals surface area contributed by atoms with Crippen LogP contribution in [0.2, 0.25) is 0 Å². The Kier molecular flexibility index (Phi) is 3.79. The Labute approximate surface area is 149 Å². The van der Waals surface area contributed by atoms with Gasteiger partial charge in [0.25, 0.3) is 5.56 Å². The highest BCUT2D eigenvalue weighted by atomic mass is 16.5. The maximum atomic E-state index is 12.7. The van der Waals surface area contributed by atoms with Gasteiger partial charge in [-0.1, -0.05) is 36.8 Å². The Balaban J connectivity index is 2.04. The number of fused-ring (bicyclic) bond motifs is 1. The first-order valence-electron chi connectivity index (χ1n) is 8.62. The molecule has 0 bridgehead atoms. The number of cyclic esters (lactones) is 1. The lowest BCUT2D eigenvalue weighted by atomic mass is 9.82. The summed E-state index contributed by atoms with van der Waals surface area (Å²) in [5.41, 5.74) is 2.34. The van der Waals surface area contributed by atoms with Crippen molar-refractivity contribution in [2.75, 3.05) is 11.9 Å². The van der Waals surface area contributed by atoms with Gasteiger partial charge >= 0.3 is 11.7 Å². The van der Waals surface area contributed by atoms with Crippen LogP contribution in [0.4, 0.5) is 5.82 Å². The number of hydrogen-bond acceptors (Lipinski definition) is 5. The molecule has 0 fully saturated rings. The van der Waals surface area contributed by atoms with Crippen LogP contribution in [-0.2, 0) is 16.1 Å². The molecule has 3 heterocycles. The van der Waals surface area contributed by atoms with Crippen molar-refractivity contribution in [1.29, 1.82) is 0 Å². The Hall–Kier alpha value is -3.09. The van der Waals surface area contributed by atoms with E-state index in [1.807, 2.05) is 38.1 Å². The highest BCUT2D eigenvalue weighted by Crippen LogP contribution is 2.42. The monoisotopic (exact) mass is 353 g/mol. The minimum Gasteiger partial charge on any atom is -0.456 e. The number of rotatable bonds is 3. The van der Waals surface area contributed by atoms with Crippen LogP contribution in [0.15, 0.2) is 45.1 Å². The summed E-state index contributed by atoms with van der Waals surface area (Å²) in [6.07, 6.45) is 0.733. The fraction of sp³-hybridized carbons (Fsp3) is 0.316. The highest BCUT2D eigenvalue weighted by molar-refractivity contribution is 5.96. The number of carbonyl (C=O) groups excluding carboxylic acids is 1. The van der Waals surface area contributed by atoms with E-state index in [1.165, 1.54) is 4.57 Å². The highest BCUT2D eigenvalue weighted by Gasteiger charge is 2.41. The van der Waals surface area contributed by atoms with Crippen molar-refractivity contribution in [1.82, 2.24) is 9.55 Å². The molecule has 4 rings (SSSR count). The molecule has 1 aromatic heterocycles. The lowest BCUT2D eigenvalue weighted by molar-refractivity contribution is -0.136. The van der Waals surface area contributed by atoms with Crippen molar-refractivity contribution in [2.45, 2.75) is 32.7 Å². The smallest absolute Gasteiger partial charge is 0.337 e. The van der Waals surface area contributed by atoms with E-state index in [0.29, 0.717) is 29.2 Å². The molecule has 2 N–H and O–H groups in total. The first-order valence-corrected chi connectivity index (χ1v) is 8.62. The van der Waals surface area contributed by atoms with Crippen molar-refractivity contribution < 1.29 is 9.53 Å². The van der Waals surface area contributed by atoms with E-state index in [2.05, 4.69) is 10.3 Å². The summed E-state index contributed by atoms with van der Waals surface area (Å²) in [6.45, 7) is 4.49. The Bertz CT molecular complexity index is 1060. The van der Waals surface area contributed by atoms with Crippen molar-refractivity contribution in [3.8, 4) is 0 Å². The third-order valence-electron chi connectivity index (χ3n) is 4.80. The van der Waals surface area contributed by atoms with E-state index in [9.17, 15) is 14.4 Å². The van der Waals surface area contributed by atoms with E-state index in [1.54, 1.807) is 0 Å². The molecule has 7 heteroatoms. The summed E-state index contributed by atoms with van der Waals surface area (Å²) >= 11 is 0. The van der Waals surface area contributed by atoms with Crippen molar-refractivity contribution in [3.05, 3.63) is 73.1 Å². The maximum absolute atomic E-state index is 12.7. The number of nitrogens with zero attached hydrogens (tertiary/aromatic N) is 1. The minimum atomic E-state index is -0.566. The Morgan fingerprint density at radius 2 is 2.08 bits per heavy atom. The third-order valence-corrected chi connectivity index (χ3v) is 4.80. The van der Waals surface area contributed by atoms with Crippen LogP contribution < -0.4 is 16.6 Å². The molecule has 134 valence electrons. The van der Waals surface area contributed by atoms with E-state index >= 15 is 0 Å². The summed E-state index contributed by atoms with van der Waals surface area (Å²) in [7, 11) is 0. The molecule has 0 spiro atoms. The van der Waals surface area contributed by atoms with Crippen LogP contribution >= 0.6 is 0 Å². The van der Waals surface area contributed by atoms with Crippen LogP contribution in [0, 0.1) is 6.92 Å². The third kappa shape index (κ3) is 2.39. The van der Waals surface area contributed by atoms with Gasteiger partial charge in [0.05, 0.1) is 22.8 Å². The lowest BCUT2D eigenvalue weighted by Crippen LogP contribution is -2.38. The molecule has 26 heavy (non-hydrogen) atoms. The van der Waals surface area contributed by atoms with Crippen molar-refractivity contribution in [3.63, 3.8) is 0 Å². The molecule has 7 nitrogen and oxygen atoms in total. The standard InChI is InChI=1S/C19H19N3O4/c1-3-7-22-16-15(17(23)21-19(22)25)13(11-6-4-5-10(2)8-11)14-12(20-16)9-26-18(14)24/h4-6,8,13,20H,3,7,9H2,1-2H3,(H,21,23,25)/t13-/m1/s1. The quantitative estimate of drug-likeness (QED) is 0.818. The van der Waals surface area contributed by atoms with Crippen LogP contribution in [0.25, 0.3) is 0 Å². The van der Waals surface area contributed by atoms with Crippen LogP contribution in [0.3, 0.4) is 0 Å². The number of aromatic amines is 1. The van der Waals surface area contributed by atoms with E-state index in [0.717, 1.165) is 17.5 Å². The second-order valence-electron chi connectivity index (χ2n) is 6.61. The zero-order valence-corrected chi connectivity index (χ0v) is 14.6. The number of H-pyrrole nitrogens is 1. The van der Waals surface area contributed by atoms with Crippen LogP contribution in [-0.4, -0.2) is 22.1 Å². The molecular formula is C19H19N3O4. The molecule has 1 aromatic carbocycles. The lowest BCUT2D eigenvalue weighted by Gasteiger charge is -2.28. The number of carbonyl (C=O) groups is 1. The predicted molar refractivity (Wildman–Crippen MR) is 96.2 cm³/mol. The molecule has 0 saturated heterocycles. The van der Waals surface area contributed by atoms with Gasteiger partial charge in [0.15, 0.2) is 0 Å². The van der Waals surface area contributed by atoms with Gasteiger partial charge in [0.1, 0.15) is 12.4 Å². The molecule has 0 saturated carbocycles. The Morgan fingerprint density at radius 1 is 1.27 bits per heavy atom. The molecule has 2 aliphatic rings. The predicted octanol–water partition coefficient (Wildman–Crippen LogP) is 1.62. The molecule has 0 amide bonds. The van der Waals surface area contributed by atoms with Gasteiger partial charge in [0, 0.05) is 6.54 Å². The zero-order valence-electron chi connectivity index (χ0n) is 14.6. The molecule has 2 aromatic rings. The van der Waals surface area contributed by atoms with E-state index in [-0.39, 0.29) is 6.61 Å². The number of nitrogens with one attached hydrogen (secondary N) is 2. The zero-order chi connectivity index (χ0) is 18.4. The number of esters is 1. The summed E-state index contributed by atoms with van der Waals surface area (Å²) < 4.78 is 6.73. The summed E-state index contributed by atoms with van der Waals surface area (Å²) in [4.78, 5) is 39.8. The van der Waals surface area contributed by atoms with Gasteiger partial charge in [-0.2, -0.15) is 0 Å². The van der Waals surface area contributed by atoms with Crippen LogP contribution in [0.5, 0.6) is 0 Å². The molecular weight excluding hydrogens is 334 g/mol. The number of aryl methyl sites for hydroxylation is 1. The van der Waals surface area contributed by atoms with Crippen molar-refractivity contribution >= 4 is 11.8 Å². The van der Waals surface area contributed by atoms with Gasteiger partial charge in [-0.15, -0.1) is 0 Å². The van der Waals surface area contributed by atoms with Gasteiger partial charge in [-0.3, -0.25) is 14.3 Å². The second kappa shape index (κ2) is 6.01. The van der Waals surface area contributed by atoms with Gasteiger partial charge in [-0.25, -0.2) is 9.59 Å². The Morgan fingerprint density at radius 3 is 2.81 bits per heavy atom. The molecule has 0 aliphatic carbocycles. The summed E-state index contributed by atoms with van der Waals surface area (Å²) in [5.74, 6) is -0.551. The molecule has 2 aliphatic heterocycles. The molecule has 1 atom stereocenters. The number of ether oxygens (including phenoxy) is 1. The first-order chi connectivity index (χ1) is 12.5. The summed E-state index contributed by atoms with van der Waals surface area (Å²) in [5, 5.41) is 3.12. The SMILES string of the molecule is CCCn1c2c(c(=O)[nH]c1=O)[C@H](c1cccc(C)c1)C1=C(COC1=O)N2. The first kappa shape index (κ1) is 16.4. The minimum absolute atomic E-state index is 0.114. The molecule has 0 radical (unpaired) electrons. The summed E-state index contributed by atoms with van der Waals surface area (Å²) in [6, 6.07) is 7.68. The van der Waals surface area contributed by atoms with Gasteiger partial charge < -0.3 is 10.1 Å². The number of benzene rings is 1. The second-order valence-corrected chi connectivity index (χ2v) is 6.61. The number of hydrogen-bond donors (Lipinski definition) is 2. The average Bonchev–Trinajstić information content (AvgIpc) is 2.98. The number of anilines is 1. The fourth-order valence-electron chi connectivity index (χ4n) is 3.71. The van der Waals surface area contributed by atoms with Gasteiger partial charge in [0.2, 0.25) is 0 Å². The van der Waals surface area contributed by atoms with E-state index in [4.69, 9.17) is 4.74 Å². The fourth-order valence-corrected chi connectivity index (χ4v) is 3.71. The average molecular weight is 353 g/mol. The largest absolute Gasteiger partial charge is 0.456 e.